The van der Waals surface area contributed by atoms with E-state index in [1.165, 1.54) is 30.4 Å². The predicted octanol–water partition coefficient (Wildman–Crippen LogP) is 2.63. The fourth-order valence-electron chi connectivity index (χ4n) is 3.03. The monoisotopic (exact) mass is 258 g/mol. The molecule has 2 N–H and O–H groups in total. The van der Waals surface area contributed by atoms with E-state index in [1.54, 1.807) is 0 Å². The van der Waals surface area contributed by atoms with E-state index in [9.17, 15) is 5.11 Å². The molecule has 102 valence electrons. The molecule has 2 aliphatic rings. The molecule has 1 saturated heterocycles. The smallest absolute Gasteiger partial charge is 0.143 e. The summed E-state index contributed by atoms with van der Waals surface area (Å²) >= 11 is 0. The lowest BCUT2D eigenvalue weighted by atomic mass is 9.92. The Bertz CT molecular complexity index is 464. The van der Waals surface area contributed by atoms with Gasteiger partial charge in [0.25, 0.3) is 0 Å². The minimum atomic E-state index is -0.584. The zero-order valence-corrected chi connectivity index (χ0v) is 11.3. The third-order valence-electron chi connectivity index (χ3n) is 4.06. The highest BCUT2D eigenvalue weighted by molar-refractivity contribution is 5.58. The normalized spacial score (nSPS) is 21.1. The van der Waals surface area contributed by atoms with Crippen LogP contribution in [0.4, 0.5) is 0 Å². The van der Waals surface area contributed by atoms with Crippen molar-refractivity contribution in [2.45, 2.75) is 38.3 Å². The molecule has 1 unspecified atom stereocenters. The van der Waals surface area contributed by atoms with Gasteiger partial charge in [0, 0.05) is 18.7 Å². The Labute approximate surface area is 114 Å². The van der Waals surface area contributed by atoms with Gasteiger partial charge in [-0.3, -0.25) is 0 Å². The van der Waals surface area contributed by atoms with Crippen LogP contribution in [0.25, 0.3) is 6.08 Å². The molecule has 1 aliphatic heterocycles. The van der Waals surface area contributed by atoms with Gasteiger partial charge < -0.3 is 5.11 Å². The van der Waals surface area contributed by atoms with E-state index in [4.69, 9.17) is 0 Å². The maximum atomic E-state index is 10.5. The zero-order valence-electron chi connectivity index (χ0n) is 11.3. The van der Waals surface area contributed by atoms with Crippen LogP contribution in [-0.2, 0) is 6.42 Å². The molecule has 0 amide bonds. The summed E-state index contributed by atoms with van der Waals surface area (Å²) in [6.45, 7) is 2.07. The molecule has 0 spiro atoms. The summed E-state index contributed by atoms with van der Waals surface area (Å²) in [5.41, 5.74) is 6.83. The lowest BCUT2D eigenvalue weighted by molar-refractivity contribution is 0.0225. The average molecular weight is 258 g/mol. The number of nitrogens with zero attached hydrogens (tertiary/aromatic N) is 1. The number of fused-ring (bicyclic) bond motifs is 1. The molecule has 1 aliphatic carbocycles. The number of aliphatic hydroxyl groups excluding tert-OH is 1. The van der Waals surface area contributed by atoms with Crippen molar-refractivity contribution < 1.29 is 5.11 Å². The molecule has 0 bridgehead atoms. The Morgan fingerprint density at radius 1 is 1.16 bits per heavy atom. The van der Waals surface area contributed by atoms with Gasteiger partial charge in [-0.25, -0.2) is 10.4 Å². The SMILES string of the molecule is OC(NN1CCCCC1)c1cccc2c1CCC=C2. The van der Waals surface area contributed by atoms with E-state index in [2.05, 4.69) is 28.7 Å². The van der Waals surface area contributed by atoms with E-state index < -0.39 is 6.23 Å². The second-order valence-electron chi connectivity index (χ2n) is 5.44. The number of nitrogens with one attached hydrogen (secondary N) is 1. The van der Waals surface area contributed by atoms with Gasteiger partial charge in [0.2, 0.25) is 0 Å². The summed E-state index contributed by atoms with van der Waals surface area (Å²) in [4.78, 5) is 0. The number of hydrogen-bond acceptors (Lipinski definition) is 3. The molecular formula is C16H22N2O. The summed E-state index contributed by atoms with van der Waals surface area (Å²) < 4.78 is 0. The van der Waals surface area contributed by atoms with Gasteiger partial charge in [-0.1, -0.05) is 36.8 Å². The molecule has 3 heteroatoms. The van der Waals surface area contributed by atoms with Crippen molar-refractivity contribution >= 4 is 6.08 Å². The minimum absolute atomic E-state index is 0.584. The molecule has 1 atom stereocenters. The van der Waals surface area contributed by atoms with Crippen molar-refractivity contribution in [1.82, 2.24) is 10.4 Å². The first-order valence-corrected chi connectivity index (χ1v) is 7.32. The van der Waals surface area contributed by atoms with Crippen molar-refractivity contribution in [3.8, 4) is 0 Å². The lowest BCUT2D eigenvalue weighted by Crippen LogP contribution is -2.43. The number of rotatable bonds is 3. The number of aliphatic hydroxyl groups is 1. The number of hydrogen-bond donors (Lipinski definition) is 2. The third kappa shape index (κ3) is 2.89. The van der Waals surface area contributed by atoms with Gasteiger partial charge in [0.05, 0.1) is 0 Å². The van der Waals surface area contributed by atoms with Gasteiger partial charge >= 0.3 is 0 Å². The Morgan fingerprint density at radius 3 is 2.84 bits per heavy atom. The highest BCUT2D eigenvalue weighted by Crippen LogP contribution is 2.26. The molecule has 0 aromatic heterocycles. The topological polar surface area (TPSA) is 35.5 Å². The standard InChI is InChI=1S/C16H22N2O/c19-16(17-18-11-4-1-5-12-18)15-10-6-8-13-7-2-3-9-14(13)15/h2,6-8,10,16-17,19H,1,3-5,9,11-12H2. The minimum Gasteiger partial charge on any atom is -0.373 e. The lowest BCUT2D eigenvalue weighted by Gasteiger charge is -2.30. The fraction of sp³-hybridized carbons (Fsp3) is 0.500. The summed E-state index contributed by atoms with van der Waals surface area (Å²) in [7, 11) is 0. The molecule has 1 fully saturated rings. The molecule has 19 heavy (non-hydrogen) atoms. The predicted molar refractivity (Wildman–Crippen MR) is 77.3 cm³/mol. The molecule has 3 nitrogen and oxygen atoms in total. The molecular weight excluding hydrogens is 236 g/mol. The van der Waals surface area contributed by atoms with Crippen LogP contribution in [0.15, 0.2) is 24.3 Å². The van der Waals surface area contributed by atoms with Crippen LogP contribution in [0.2, 0.25) is 0 Å². The molecule has 1 heterocycles. The van der Waals surface area contributed by atoms with Gasteiger partial charge in [-0.05, 0) is 36.8 Å². The third-order valence-corrected chi connectivity index (χ3v) is 4.06. The van der Waals surface area contributed by atoms with Gasteiger partial charge in [-0.15, -0.1) is 0 Å². The van der Waals surface area contributed by atoms with E-state index in [0.29, 0.717) is 0 Å². The summed E-state index contributed by atoms with van der Waals surface area (Å²) in [6.07, 6.45) is 9.62. The van der Waals surface area contributed by atoms with Crippen LogP contribution in [0.1, 0.15) is 48.6 Å². The van der Waals surface area contributed by atoms with Crippen molar-refractivity contribution in [1.29, 1.82) is 0 Å². The zero-order chi connectivity index (χ0) is 13.1. The van der Waals surface area contributed by atoms with Crippen molar-refractivity contribution in [3.05, 3.63) is 41.0 Å². The second-order valence-corrected chi connectivity index (χ2v) is 5.44. The maximum absolute atomic E-state index is 10.5. The van der Waals surface area contributed by atoms with Gasteiger partial charge in [0.1, 0.15) is 6.23 Å². The summed E-state index contributed by atoms with van der Waals surface area (Å²) in [5.74, 6) is 0. The fourth-order valence-corrected chi connectivity index (χ4v) is 3.03. The quantitative estimate of drug-likeness (QED) is 0.818. The van der Waals surface area contributed by atoms with E-state index in [0.717, 1.165) is 31.5 Å². The van der Waals surface area contributed by atoms with Crippen LogP contribution in [-0.4, -0.2) is 23.2 Å². The number of allylic oxidation sites excluding steroid dienone is 1. The highest BCUT2D eigenvalue weighted by Gasteiger charge is 2.19. The van der Waals surface area contributed by atoms with E-state index in [-0.39, 0.29) is 0 Å². The van der Waals surface area contributed by atoms with Crippen molar-refractivity contribution in [3.63, 3.8) is 0 Å². The van der Waals surface area contributed by atoms with Crippen LogP contribution in [0.3, 0.4) is 0 Å². The van der Waals surface area contributed by atoms with Crippen LogP contribution in [0.5, 0.6) is 0 Å². The van der Waals surface area contributed by atoms with Crippen molar-refractivity contribution in [2.24, 2.45) is 0 Å². The Kier molecular flexibility index (Phi) is 3.97. The van der Waals surface area contributed by atoms with Crippen molar-refractivity contribution in [2.75, 3.05) is 13.1 Å². The Hall–Kier alpha value is -1.16. The molecule has 3 rings (SSSR count). The van der Waals surface area contributed by atoms with Crippen LogP contribution < -0.4 is 5.43 Å². The first kappa shape index (κ1) is 12.9. The Morgan fingerprint density at radius 2 is 2.00 bits per heavy atom. The molecule has 1 aromatic carbocycles. The first-order valence-electron chi connectivity index (χ1n) is 7.32. The molecule has 1 aromatic rings. The van der Waals surface area contributed by atoms with Gasteiger partial charge in [0.15, 0.2) is 0 Å². The summed E-state index contributed by atoms with van der Waals surface area (Å²) in [6, 6.07) is 6.20. The number of hydrazine groups is 1. The first-order chi connectivity index (χ1) is 9.34. The second kappa shape index (κ2) is 5.87. The molecule has 0 radical (unpaired) electrons. The van der Waals surface area contributed by atoms with Crippen LogP contribution >= 0.6 is 0 Å². The number of piperidine rings is 1. The highest BCUT2D eigenvalue weighted by atomic mass is 16.3. The largest absolute Gasteiger partial charge is 0.373 e. The van der Waals surface area contributed by atoms with Gasteiger partial charge in [-0.2, -0.15) is 0 Å². The average Bonchev–Trinajstić information content (AvgIpc) is 2.47. The maximum Gasteiger partial charge on any atom is 0.143 e. The molecule has 0 saturated carbocycles. The van der Waals surface area contributed by atoms with E-state index in [1.807, 2.05) is 12.1 Å². The Balaban J connectivity index is 1.75. The summed E-state index contributed by atoms with van der Waals surface area (Å²) in [5, 5.41) is 12.6. The van der Waals surface area contributed by atoms with E-state index >= 15 is 0 Å². The number of benzene rings is 1. The van der Waals surface area contributed by atoms with Crippen LogP contribution in [0, 0.1) is 0 Å².